The molecule has 1 atom stereocenters. The van der Waals surface area contributed by atoms with Crippen LogP contribution in [-0.4, -0.2) is 27.7 Å². The summed E-state index contributed by atoms with van der Waals surface area (Å²) in [4.78, 5) is 4.07. The van der Waals surface area contributed by atoms with Crippen molar-refractivity contribution in [3.05, 3.63) is 22.3 Å². The van der Waals surface area contributed by atoms with Crippen molar-refractivity contribution < 1.29 is 4.21 Å². The standard InChI is InChI=1S/C9H10BrN3OS/c1-15(14)3-2-12-9-7(5-11)4-8(10)6-13-9/h4,6H,2-3H2,1H3,(H,12,13)/t15-/m1/s1. The zero-order chi connectivity index (χ0) is 11.3. The molecule has 0 spiro atoms. The molecular formula is C9H10BrN3OS. The monoisotopic (exact) mass is 287 g/mol. The number of hydrogen-bond acceptors (Lipinski definition) is 4. The molecule has 1 aromatic heterocycles. The molecule has 0 radical (unpaired) electrons. The molecule has 1 N–H and O–H groups in total. The number of nitriles is 1. The van der Waals surface area contributed by atoms with Crippen molar-refractivity contribution in [2.24, 2.45) is 0 Å². The minimum atomic E-state index is -0.835. The topological polar surface area (TPSA) is 65.8 Å². The number of hydrogen-bond donors (Lipinski definition) is 1. The minimum Gasteiger partial charge on any atom is -0.368 e. The van der Waals surface area contributed by atoms with Gasteiger partial charge in [0.2, 0.25) is 0 Å². The number of nitrogens with zero attached hydrogens (tertiary/aromatic N) is 2. The van der Waals surface area contributed by atoms with Gasteiger partial charge in [-0.15, -0.1) is 0 Å². The quantitative estimate of drug-likeness (QED) is 0.912. The van der Waals surface area contributed by atoms with Gasteiger partial charge in [0, 0.05) is 40.0 Å². The molecule has 15 heavy (non-hydrogen) atoms. The average molecular weight is 288 g/mol. The molecular weight excluding hydrogens is 278 g/mol. The Balaban J connectivity index is 2.69. The van der Waals surface area contributed by atoms with Gasteiger partial charge in [0.15, 0.2) is 0 Å². The number of rotatable bonds is 4. The number of aromatic nitrogens is 1. The second-order valence-corrected chi connectivity index (χ2v) is 5.34. The maximum Gasteiger partial charge on any atom is 0.144 e. The maximum atomic E-state index is 10.8. The molecule has 1 rings (SSSR count). The second kappa shape index (κ2) is 5.83. The van der Waals surface area contributed by atoms with Gasteiger partial charge >= 0.3 is 0 Å². The van der Waals surface area contributed by atoms with Crippen LogP contribution in [0.15, 0.2) is 16.7 Å². The van der Waals surface area contributed by atoms with Crippen molar-refractivity contribution in [2.45, 2.75) is 0 Å². The van der Waals surface area contributed by atoms with Crippen LogP contribution >= 0.6 is 15.9 Å². The summed E-state index contributed by atoms with van der Waals surface area (Å²) >= 11 is 3.24. The van der Waals surface area contributed by atoms with Gasteiger partial charge in [0.05, 0.1) is 5.56 Å². The Labute approximate surface area is 99.3 Å². The zero-order valence-corrected chi connectivity index (χ0v) is 10.6. The Kier molecular flexibility index (Phi) is 4.72. The number of nitrogens with one attached hydrogen (secondary N) is 1. The van der Waals surface area contributed by atoms with Crippen molar-refractivity contribution in [2.75, 3.05) is 23.9 Å². The predicted molar refractivity (Wildman–Crippen MR) is 64.1 cm³/mol. The van der Waals surface area contributed by atoms with Gasteiger partial charge in [-0.05, 0) is 22.0 Å². The summed E-state index contributed by atoms with van der Waals surface area (Å²) in [6.45, 7) is 0.548. The predicted octanol–water partition coefficient (Wildman–Crippen LogP) is 1.51. The second-order valence-electron chi connectivity index (χ2n) is 2.87. The molecule has 0 bridgehead atoms. The number of pyridine rings is 1. The van der Waals surface area contributed by atoms with E-state index in [1.54, 1.807) is 18.5 Å². The van der Waals surface area contributed by atoms with Crippen LogP contribution in [0.2, 0.25) is 0 Å². The highest BCUT2D eigenvalue weighted by molar-refractivity contribution is 9.10. The Bertz CT molecular complexity index is 416. The third-order valence-corrected chi connectivity index (χ3v) is 2.87. The lowest BCUT2D eigenvalue weighted by Crippen LogP contribution is -2.11. The Morgan fingerprint density at radius 3 is 3.07 bits per heavy atom. The third kappa shape index (κ3) is 3.98. The van der Waals surface area contributed by atoms with Crippen LogP contribution in [-0.2, 0) is 10.8 Å². The first-order valence-electron chi connectivity index (χ1n) is 4.23. The van der Waals surface area contributed by atoms with E-state index in [1.165, 1.54) is 0 Å². The first-order chi connectivity index (χ1) is 7.13. The van der Waals surface area contributed by atoms with E-state index in [4.69, 9.17) is 5.26 Å². The Hall–Kier alpha value is -0.930. The first-order valence-corrected chi connectivity index (χ1v) is 6.75. The molecule has 0 amide bonds. The Morgan fingerprint density at radius 1 is 1.73 bits per heavy atom. The van der Waals surface area contributed by atoms with Gasteiger partial charge in [-0.1, -0.05) is 0 Å². The maximum absolute atomic E-state index is 10.8. The molecule has 0 unspecified atom stereocenters. The van der Waals surface area contributed by atoms with E-state index >= 15 is 0 Å². The van der Waals surface area contributed by atoms with E-state index in [0.29, 0.717) is 23.7 Å². The summed E-state index contributed by atoms with van der Waals surface area (Å²) in [6.07, 6.45) is 3.26. The van der Waals surface area contributed by atoms with Gasteiger partial charge in [-0.3, -0.25) is 4.21 Å². The molecule has 0 aliphatic rings. The molecule has 4 nitrogen and oxygen atoms in total. The van der Waals surface area contributed by atoms with Crippen LogP contribution in [0.4, 0.5) is 5.82 Å². The molecule has 0 fully saturated rings. The van der Waals surface area contributed by atoms with Gasteiger partial charge in [-0.25, -0.2) is 4.98 Å². The molecule has 0 aromatic carbocycles. The molecule has 0 saturated carbocycles. The van der Waals surface area contributed by atoms with Crippen molar-refractivity contribution >= 4 is 32.5 Å². The molecule has 1 heterocycles. The van der Waals surface area contributed by atoms with E-state index in [2.05, 4.69) is 26.2 Å². The highest BCUT2D eigenvalue weighted by Gasteiger charge is 2.03. The summed E-state index contributed by atoms with van der Waals surface area (Å²) in [5, 5.41) is 11.8. The summed E-state index contributed by atoms with van der Waals surface area (Å²) in [7, 11) is -0.835. The molecule has 80 valence electrons. The molecule has 0 saturated heterocycles. The SMILES string of the molecule is C[S@@](=O)CCNc1ncc(Br)cc1C#N. The van der Waals surface area contributed by atoms with E-state index < -0.39 is 10.8 Å². The molecule has 0 aliphatic carbocycles. The highest BCUT2D eigenvalue weighted by Crippen LogP contribution is 2.16. The van der Waals surface area contributed by atoms with E-state index in [9.17, 15) is 4.21 Å². The molecule has 1 aromatic rings. The fraction of sp³-hybridized carbons (Fsp3) is 0.333. The summed E-state index contributed by atoms with van der Waals surface area (Å²) in [5.74, 6) is 1.08. The average Bonchev–Trinajstić information content (AvgIpc) is 2.19. The van der Waals surface area contributed by atoms with Crippen molar-refractivity contribution in [1.29, 1.82) is 5.26 Å². The van der Waals surface area contributed by atoms with Gasteiger partial charge in [0.25, 0.3) is 0 Å². The van der Waals surface area contributed by atoms with Crippen LogP contribution in [0.3, 0.4) is 0 Å². The smallest absolute Gasteiger partial charge is 0.144 e. The van der Waals surface area contributed by atoms with Crippen LogP contribution < -0.4 is 5.32 Å². The lowest BCUT2D eigenvalue weighted by molar-refractivity contribution is 0.687. The molecule has 0 aliphatic heterocycles. The zero-order valence-electron chi connectivity index (χ0n) is 8.16. The fourth-order valence-corrected chi connectivity index (χ4v) is 1.70. The number of halogens is 1. The van der Waals surface area contributed by atoms with Gasteiger partial charge in [-0.2, -0.15) is 5.26 Å². The van der Waals surface area contributed by atoms with Crippen LogP contribution in [0.1, 0.15) is 5.56 Å². The normalized spacial score (nSPS) is 11.8. The van der Waals surface area contributed by atoms with Crippen molar-refractivity contribution in [3.8, 4) is 6.07 Å². The minimum absolute atomic E-state index is 0.478. The Morgan fingerprint density at radius 2 is 2.47 bits per heavy atom. The van der Waals surface area contributed by atoms with Crippen molar-refractivity contribution in [1.82, 2.24) is 4.98 Å². The lowest BCUT2D eigenvalue weighted by atomic mass is 10.3. The highest BCUT2D eigenvalue weighted by atomic mass is 79.9. The van der Waals surface area contributed by atoms with Gasteiger partial charge < -0.3 is 5.32 Å². The summed E-state index contributed by atoms with van der Waals surface area (Å²) in [6, 6.07) is 3.74. The first kappa shape index (κ1) is 12.1. The molecule has 6 heteroatoms. The summed E-state index contributed by atoms with van der Waals surface area (Å²) < 4.78 is 11.6. The fourth-order valence-electron chi connectivity index (χ4n) is 0.979. The van der Waals surface area contributed by atoms with Gasteiger partial charge in [0.1, 0.15) is 11.9 Å². The van der Waals surface area contributed by atoms with Crippen LogP contribution in [0, 0.1) is 11.3 Å². The van der Waals surface area contributed by atoms with Crippen LogP contribution in [0.5, 0.6) is 0 Å². The lowest BCUT2D eigenvalue weighted by Gasteiger charge is -2.05. The van der Waals surface area contributed by atoms with Crippen LogP contribution in [0.25, 0.3) is 0 Å². The van der Waals surface area contributed by atoms with E-state index in [1.807, 2.05) is 6.07 Å². The summed E-state index contributed by atoms with van der Waals surface area (Å²) in [5.41, 5.74) is 0.478. The van der Waals surface area contributed by atoms with E-state index in [0.717, 1.165) is 4.47 Å². The number of anilines is 1. The van der Waals surface area contributed by atoms with Crippen molar-refractivity contribution in [3.63, 3.8) is 0 Å². The third-order valence-electron chi connectivity index (χ3n) is 1.66. The van der Waals surface area contributed by atoms with E-state index in [-0.39, 0.29) is 0 Å². The largest absolute Gasteiger partial charge is 0.368 e.